The average molecular weight is 391 g/mol. The third-order valence-corrected chi connectivity index (χ3v) is 6.37. The number of benzene rings is 2. The molecule has 27 heavy (non-hydrogen) atoms. The van der Waals surface area contributed by atoms with E-state index in [1.165, 1.54) is 11.0 Å². The van der Waals surface area contributed by atoms with Gasteiger partial charge in [0.2, 0.25) is 0 Å². The van der Waals surface area contributed by atoms with Crippen LogP contribution in [0, 0.1) is 5.82 Å². The first-order valence-corrected chi connectivity index (χ1v) is 10.7. The molecule has 0 radical (unpaired) electrons. The first-order chi connectivity index (χ1) is 12.9. The van der Waals surface area contributed by atoms with E-state index in [-0.39, 0.29) is 24.0 Å². The van der Waals surface area contributed by atoms with Gasteiger partial charge in [-0.25, -0.2) is 12.8 Å². The Balaban J connectivity index is 1.88. The summed E-state index contributed by atoms with van der Waals surface area (Å²) < 4.78 is 43.3. The van der Waals surface area contributed by atoms with Gasteiger partial charge in [-0.3, -0.25) is 4.79 Å². The third kappa shape index (κ3) is 4.66. The Kier molecular flexibility index (Phi) is 5.79. The molecule has 0 unspecified atom stereocenters. The largest absolute Gasteiger partial charge is 0.494 e. The summed E-state index contributed by atoms with van der Waals surface area (Å²) in [5.41, 5.74) is 0.778. The van der Waals surface area contributed by atoms with Gasteiger partial charge < -0.3 is 9.64 Å². The second-order valence-corrected chi connectivity index (χ2v) is 8.77. The first kappa shape index (κ1) is 19.4. The molecule has 1 atom stereocenters. The van der Waals surface area contributed by atoms with Gasteiger partial charge in [-0.1, -0.05) is 18.2 Å². The predicted octanol–water partition coefficient (Wildman–Crippen LogP) is 3.05. The third-order valence-electron chi connectivity index (χ3n) is 4.62. The van der Waals surface area contributed by atoms with Crippen molar-refractivity contribution in [3.63, 3.8) is 0 Å². The van der Waals surface area contributed by atoms with E-state index < -0.39 is 21.7 Å². The highest BCUT2D eigenvalue weighted by Crippen LogP contribution is 2.24. The van der Waals surface area contributed by atoms with Gasteiger partial charge in [-0.2, -0.15) is 0 Å². The van der Waals surface area contributed by atoms with Crippen LogP contribution in [0.4, 0.5) is 4.39 Å². The van der Waals surface area contributed by atoms with Crippen LogP contribution in [0.15, 0.2) is 48.5 Å². The number of nitrogens with zero attached hydrogens (tertiary/aromatic N) is 1. The van der Waals surface area contributed by atoms with Gasteiger partial charge in [0.1, 0.15) is 11.6 Å². The highest BCUT2D eigenvalue weighted by molar-refractivity contribution is 7.91. The maximum absolute atomic E-state index is 14.1. The number of hydrogen-bond donors (Lipinski definition) is 0. The minimum absolute atomic E-state index is 0.0267. The molecule has 1 amide bonds. The van der Waals surface area contributed by atoms with E-state index in [0.29, 0.717) is 29.9 Å². The number of carbonyl (C=O) groups excluding carboxylic acids is 1. The van der Waals surface area contributed by atoms with E-state index in [2.05, 4.69) is 0 Å². The van der Waals surface area contributed by atoms with Crippen LogP contribution in [0.1, 0.15) is 29.3 Å². The Hall–Kier alpha value is -2.41. The van der Waals surface area contributed by atoms with Crippen molar-refractivity contribution in [2.24, 2.45) is 0 Å². The van der Waals surface area contributed by atoms with Gasteiger partial charge in [0.05, 0.1) is 18.1 Å². The molecular weight excluding hydrogens is 369 g/mol. The maximum atomic E-state index is 14.1. The molecule has 144 valence electrons. The highest BCUT2D eigenvalue weighted by atomic mass is 32.2. The Labute approximate surface area is 158 Å². The smallest absolute Gasteiger partial charge is 0.254 e. The predicted molar refractivity (Wildman–Crippen MR) is 101 cm³/mol. The molecule has 0 spiro atoms. The van der Waals surface area contributed by atoms with Crippen molar-refractivity contribution in [3.05, 3.63) is 65.5 Å². The van der Waals surface area contributed by atoms with Crippen molar-refractivity contribution in [2.45, 2.75) is 25.9 Å². The molecule has 1 fully saturated rings. The van der Waals surface area contributed by atoms with Gasteiger partial charge in [-0.15, -0.1) is 0 Å². The molecule has 0 aliphatic carbocycles. The first-order valence-electron chi connectivity index (χ1n) is 8.87. The normalized spacial score (nSPS) is 18.2. The van der Waals surface area contributed by atoms with Gasteiger partial charge in [0, 0.05) is 23.7 Å². The standard InChI is InChI=1S/C20H22FNO4S/c1-2-26-18-9-7-15(8-10-18)20(23)22(17-11-12-27(24,25)14-17)13-16-5-3-4-6-19(16)21/h3-10,17H,2,11-14H2,1H3/t17-/m1/s1. The summed E-state index contributed by atoms with van der Waals surface area (Å²) in [6, 6.07) is 12.4. The molecular formula is C20H22FNO4S. The summed E-state index contributed by atoms with van der Waals surface area (Å²) in [6.07, 6.45) is 0.361. The van der Waals surface area contributed by atoms with Crippen molar-refractivity contribution >= 4 is 15.7 Å². The summed E-state index contributed by atoms with van der Waals surface area (Å²) in [7, 11) is -3.18. The van der Waals surface area contributed by atoms with E-state index in [1.807, 2.05) is 6.92 Å². The van der Waals surface area contributed by atoms with Crippen LogP contribution in [0.25, 0.3) is 0 Å². The zero-order valence-electron chi connectivity index (χ0n) is 15.1. The summed E-state index contributed by atoms with van der Waals surface area (Å²) >= 11 is 0. The van der Waals surface area contributed by atoms with Crippen LogP contribution in [0.3, 0.4) is 0 Å². The highest BCUT2D eigenvalue weighted by Gasteiger charge is 2.35. The minimum Gasteiger partial charge on any atom is -0.494 e. The Morgan fingerprint density at radius 3 is 2.48 bits per heavy atom. The molecule has 0 aromatic heterocycles. The van der Waals surface area contributed by atoms with Crippen molar-refractivity contribution in [1.29, 1.82) is 0 Å². The number of ether oxygens (including phenoxy) is 1. The van der Waals surface area contributed by atoms with Crippen molar-refractivity contribution in [3.8, 4) is 5.75 Å². The Morgan fingerprint density at radius 1 is 1.19 bits per heavy atom. The summed E-state index contributed by atoms with van der Waals surface area (Å²) in [5, 5.41) is 0. The second-order valence-electron chi connectivity index (χ2n) is 6.54. The summed E-state index contributed by atoms with van der Waals surface area (Å²) in [4.78, 5) is 14.6. The monoisotopic (exact) mass is 391 g/mol. The molecule has 0 N–H and O–H groups in total. The number of amides is 1. The molecule has 5 nitrogen and oxygen atoms in total. The zero-order valence-corrected chi connectivity index (χ0v) is 15.9. The van der Waals surface area contributed by atoms with Crippen molar-refractivity contribution < 1.29 is 22.3 Å². The van der Waals surface area contributed by atoms with Crippen LogP contribution in [0.2, 0.25) is 0 Å². The van der Waals surface area contributed by atoms with Crippen molar-refractivity contribution in [2.75, 3.05) is 18.1 Å². The molecule has 1 saturated heterocycles. The quantitative estimate of drug-likeness (QED) is 0.759. The fourth-order valence-corrected chi connectivity index (χ4v) is 4.96. The van der Waals surface area contributed by atoms with E-state index >= 15 is 0 Å². The molecule has 1 heterocycles. The second kappa shape index (κ2) is 8.08. The SMILES string of the molecule is CCOc1ccc(C(=O)N(Cc2ccccc2F)[C@@H]2CCS(=O)(=O)C2)cc1. The molecule has 3 rings (SSSR count). The van der Waals surface area contributed by atoms with Gasteiger partial charge in [0.25, 0.3) is 5.91 Å². The summed E-state index contributed by atoms with van der Waals surface area (Å²) in [6.45, 7) is 2.42. The molecule has 2 aromatic rings. The fraction of sp³-hybridized carbons (Fsp3) is 0.350. The van der Waals surface area contributed by atoms with Gasteiger partial charge in [-0.05, 0) is 43.7 Å². The lowest BCUT2D eigenvalue weighted by molar-refractivity contribution is 0.0679. The van der Waals surface area contributed by atoms with Crippen LogP contribution < -0.4 is 4.74 Å². The number of halogens is 1. The van der Waals surface area contributed by atoms with Crippen LogP contribution in [-0.4, -0.2) is 43.4 Å². The number of rotatable bonds is 6. The number of sulfone groups is 1. The van der Waals surface area contributed by atoms with E-state index in [0.717, 1.165) is 0 Å². The average Bonchev–Trinajstić information content (AvgIpc) is 3.01. The molecule has 2 aromatic carbocycles. The lowest BCUT2D eigenvalue weighted by Gasteiger charge is -2.28. The summed E-state index contributed by atoms with van der Waals surface area (Å²) in [5.74, 6) is -0.129. The van der Waals surface area contributed by atoms with E-state index in [1.54, 1.807) is 42.5 Å². The van der Waals surface area contributed by atoms with E-state index in [9.17, 15) is 17.6 Å². The zero-order chi connectivity index (χ0) is 19.4. The Bertz CT molecular complexity index is 912. The van der Waals surface area contributed by atoms with Gasteiger partial charge in [0.15, 0.2) is 9.84 Å². The van der Waals surface area contributed by atoms with Crippen LogP contribution in [0.5, 0.6) is 5.75 Å². The minimum atomic E-state index is -3.18. The van der Waals surface area contributed by atoms with Crippen LogP contribution in [-0.2, 0) is 16.4 Å². The number of carbonyl (C=O) groups is 1. The molecule has 1 aliphatic heterocycles. The molecule has 0 saturated carbocycles. The van der Waals surface area contributed by atoms with E-state index in [4.69, 9.17) is 4.74 Å². The lowest BCUT2D eigenvalue weighted by atomic mass is 10.1. The van der Waals surface area contributed by atoms with Crippen molar-refractivity contribution in [1.82, 2.24) is 4.90 Å². The fourth-order valence-electron chi connectivity index (χ4n) is 3.22. The Morgan fingerprint density at radius 2 is 1.89 bits per heavy atom. The van der Waals surface area contributed by atoms with Crippen LogP contribution >= 0.6 is 0 Å². The molecule has 1 aliphatic rings. The topological polar surface area (TPSA) is 63.7 Å². The van der Waals surface area contributed by atoms with Gasteiger partial charge >= 0.3 is 0 Å². The lowest BCUT2D eigenvalue weighted by Crippen LogP contribution is -2.40. The molecule has 0 bridgehead atoms. The maximum Gasteiger partial charge on any atom is 0.254 e. The molecule has 7 heteroatoms. The number of hydrogen-bond acceptors (Lipinski definition) is 4.